The van der Waals surface area contributed by atoms with Gasteiger partial charge in [-0.05, 0) is 91.1 Å². The van der Waals surface area contributed by atoms with Crippen LogP contribution in [0.15, 0.2) is 117 Å². The third-order valence-corrected chi connectivity index (χ3v) is 8.46. The van der Waals surface area contributed by atoms with E-state index >= 15 is 0 Å². The molecule has 45 heavy (non-hydrogen) atoms. The highest BCUT2D eigenvalue weighted by Gasteiger charge is 2.42. The Hall–Kier alpha value is -5.53. The van der Waals surface area contributed by atoms with Gasteiger partial charge in [0.1, 0.15) is 17.6 Å². The molecule has 11 nitrogen and oxygen atoms in total. The number of thiocarbonyl (C=S) groups is 1. The van der Waals surface area contributed by atoms with Gasteiger partial charge in [0.25, 0.3) is 5.69 Å². The van der Waals surface area contributed by atoms with E-state index in [-0.39, 0.29) is 16.8 Å². The molecule has 0 unspecified atom stereocenters. The molecule has 0 bridgehead atoms. The number of non-ortho nitro benzene ring substituents is 1. The smallest absolute Gasteiger partial charge is 0.335 e. The zero-order valence-corrected chi connectivity index (χ0v) is 24.7. The summed E-state index contributed by atoms with van der Waals surface area (Å²) in [5.74, 6) is -1.72. The van der Waals surface area contributed by atoms with Gasteiger partial charge in [0.2, 0.25) is 0 Å². The number of nitrogens with one attached hydrogen (secondary N) is 1. The lowest BCUT2D eigenvalue weighted by Crippen LogP contribution is -2.29. The molecule has 1 aliphatic rings. The molecule has 2 atom stereocenters. The average Bonchev–Trinajstić information content (AvgIpc) is 3.66. The number of nitrogens with zero attached hydrogens (tertiary/aromatic N) is 3. The number of nitro groups is 1. The SMILES string of the molecule is O=C(O)c1cc(C(=O)O)cc(-c2ccc([C@H]3[C@@H](c4ccccn4)NC(=S)N3c3ccc(Sc4ccc([N+](=O)[O-])cc4)cc3)o2)c1. The number of furan rings is 1. The van der Waals surface area contributed by atoms with Gasteiger partial charge in [0.15, 0.2) is 5.11 Å². The minimum Gasteiger partial charge on any atom is -0.478 e. The standard InChI is InChI=1S/C32H22N4O7S2/c37-30(38)19-15-18(16-20(17-19)31(39)40)26-12-13-27(43-26)29-28(25-3-1-2-14-33-25)34-32(44)35(29)21-4-8-23(9-5-21)45-24-10-6-22(7-11-24)36(41)42/h1-17,28-29H,(H,34,44)(H,37,38)(H,39,40)/t28-,29+/m1/s1. The van der Waals surface area contributed by atoms with Crippen LogP contribution in [0.1, 0.15) is 44.3 Å². The number of aromatic carboxylic acids is 2. The Balaban J connectivity index is 1.35. The summed E-state index contributed by atoms with van der Waals surface area (Å²) >= 11 is 7.25. The van der Waals surface area contributed by atoms with E-state index in [4.69, 9.17) is 16.6 Å². The number of anilines is 1. The predicted molar refractivity (Wildman–Crippen MR) is 170 cm³/mol. The first kappa shape index (κ1) is 29.5. The van der Waals surface area contributed by atoms with Crippen molar-refractivity contribution in [2.24, 2.45) is 0 Å². The molecule has 13 heteroatoms. The lowest BCUT2D eigenvalue weighted by Gasteiger charge is -2.26. The average molecular weight is 639 g/mol. The maximum atomic E-state index is 11.7. The number of rotatable bonds is 9. The predicted octanol–water partition coefficient (Wildman–Crippen LogP) is 6.97. The van der Waals surface area contributed by atoms with Crippen molar-refractivity contribution in [3.63, 3.8) is 0 Å². The summed E-state index contributed by atoms with van der Waals surface area (Å²) in [5, 5.41) is 33.8. The van der Waals surface area contributed by atoms with Crippen LogP contribution in [0.3, 0.4) is 0 Å². The van der Waals surface area contributed by atoms with Crippen LogP contribution >= 0.6 is 24.0 Å². The van der Waals surface area contributed by atoms with Crippen molar-refractivity contribution in [3.8, 4) is 11.3 Å². The fourth-order valence-corrected chi connectivity index (χ4v) is 6.21. The van der Waals surface area contributed by atoms with Crippen molar-refractivity contribution in [1.29, 1.82) is 0 Å². The number of benzene rings is 3. The van der Waals surface area contributed by atoms with Crippen molar-refractivity contribution in [1.82, 2.24) is 10.3 Å². The molecule has 0 amide bonds. The largest absolute Gasteiger partial charge is 0.478 e. The molecule has 6 rings (SSSR count). The van der Waals surface area contributed by atoms with E-state index in [9.17, 15) is 29.9 Å². The van der Waals surface area contributed by atoms with Crippen LogP contribution in [0.25, 0.3) is 11.3 Å². The molecule has 0 aliphatic carbocycles. The molecule has 2 aromatic heterocycles. The van der Waals surface area contributed by atoms with Crippen molar-refractivity contribution in [2.75, 3.05) is 4.90 Å². The van der Waals surface area contributed by atoms with Crippen LogP contribution in [0.4, 0.5) is 11.4 Å². The van der Waals surface area contributed by atoms with Gasteiger partial charge in [-0.15, -0.1) is 0 Å². The molecule has 1 saturated heterocycles. The molecule has 0 spiro atoms. The van der Waals surface area contributed by atoms with Gasteiger partial charge < -0.3 is 24.8 Å². The van der Waals surface area contributed by atoms with E-state index < -0.39 is 28.9 Å². The van der Waals surface area contributed by atoms with E-state index in [0.29, 0.717) is 22.2 Å². The molecule has 0 saturated carbocycles. The van der Waals surface area contributed by atoms with Crippen LogP contribution in [0, 0.1) is 10.1 Å². The highest BCUT2D eigenvalue weighted by atomic mass is 32.2. The lowest BCUT2D eigenvalue weighted by atomic mass is 10.0. The first-order valence-electron chi connectivity index (χ1n) is 13.4. The topological polar surface area (TPSA) is 159 Å². The number of pyridine rings is 1. The van der Waals surface area contributed by atoms with Gasteiger partial charge in [-0.25, -0.2) is 9.59 Å². The molecule has 224 valence electrons. The maximum absolute atomic E-state index is 11.7. The van der Waals surface area contributed by atoms with Crippen molar-refractivity contribution in [3.05, 3.63) is 136 Å². The van der Waals surface area contributed by atoms with E-state index in [2.05, 4.69) is 10.3 Å². The van der Waals surface area contributed by atoms with Crippen LogP contribution in [-0.4, -0.2) is 37.2 Å². The number of hydrogen-bond acceptors (Lipinski definition) is 8. The normalized spacial score (nSPS) is 15.9. The van der Waals surface area contributed by atoms with Crippen LogP contribution in [-0.2, 0) is 0 Å². The number of aromatic nitrogens is 1. The number of nitro benzene ring substituents is 1. The summed E-state index contributed by atoms with van der Waals surface area (Å²) in [7, 11) is 0. The first-order valence-corrected chi connectivity index (χ1v) is 14.7. The molecule has 1 aliphatic heterocycles. The first-order chi connectivity index (χ1) is 21.7. The summed E-state index contributed by atoms with van der Waals surface area (Å²) in [6, 6.07) is 25.9. The summed E-state index contributed by atoms with van der Waals surface area (Å²) in [4.78, 5) is 42.1. The summed E-state index contributed by atoms with van der Waals surface area (Å²) < 4.78 is 6.30. The molecule has 1 fully saturated rings. The van der Waals surface area contributed by atoms with E-state index in [0.717, 1.165) is 27.2 Å². The quantitative estimate of drug-likeness (QED) is 0.0865. The number of carboxylic acid groups (broad SMARTS) is 2. The van der Waals surface area contributed by atoms with Gasteiger partial charge >= 0.3 is 11.9 Å². The lowest BCUT2D eigenvalue weighted by molar-refractivity contribution is -0.384. The Morgan fingerprint density at radius 1 is 0.911 bits per heavy atom. The summed E-state index contributed by atoms with van der Waals surface area (Å²) in [5.41, 5.74) is 1.47. The Kier molecular flexibility index (Phi) is 8.02. The molecule has 3 aromatic carbocycles. The highest BCUT2D eigenvalue weighted by molar-refractivity contribution is 7.99. The zero-order valence-electron chi connectivity index (χ0n) is 23.1. The van der Waals surface area contributed by atoms with E-state index in [1.165, 1.54) is 36.0 Å². The Morgan fingerprint density at radius 2 is 1.56 bits per heavy atom. The molecular weight excluding hydrogens is 617 g/mol. The maximum Gasteiger partial charge on any atom is 0.335 e. The molecule has 0 radical (unpaired) electrons. The van der Waals surface area contributed by atoms with Crippen LogP contribution in [0.5, 0.6) is 0 Å². The Bertz CT molecular complexity index is 1900. The van der Waals surface area contributed by atoms with Crippen LogP contribution in [0.2, 0.25) is 0 Å². The third kappa shape index (κ3) is 6.12. The zero-order chi connectivity index (χ0) is 31.7. The van der Waals surface area contributed by atoms with E-state index in [1.807, 2.05) is 47.4 Å². The molecule has 3 heterocycles. The fourth-order valence-electron chi connectivity index (χ4n) is 5.05. The second kappa shape index (κ2) is 12.2. The number of carbonyl (C=O) groups is 2. The van der Waals surface area contributed by atoms with Gasteiger partial charge in [-0.3, -0.25) is 15.1 Å². The monoisotopic (exact) mass is 638 g/mol. The highest BCUT2D eigenvalue weighted by Crippen LogP contribution is 2.43. The Labute approximate surface area is 265 Å². The summed E-state index contributed by atoms with van der Waals surface area (Å²) in [6.07, 6.45) is 1.68. The van der Waals surface area contributed by atoms with Crippen LogP contribution < -0.4 is 10.2 Å². The molecule has 3 N–H and O–H groups in total. The van der Waals surface area contributed by atoms with Crippen molar-refractivity contribution in [2.45, 2.75) is 21.9 Å². The van der Waals surface area contributed by atoms with Gasteiger partial charge in [-0.1, -0.05) is 17.8 Å². The number of carboxylic acids is 2. The minimum atomic E-state index is -1.26. The van der Waals surface area contributed by atoms with Gasteiger partial charge in [0, 0.05) is 39.4 Å². The molecular formula is C32H22N4O7S2. The van der Waals surface area contributed by atoms with Gasteiger partial charge in [-0.2, -0.15) is 0 Å². The summed E-state index contributed by atoms with van der Waals surface area (Å²) in [6.45, 7) is 0. The second-order valence-corrected chi connectivity index (χ2v) is 11.5. The third-order valence-electron chi connectivity index (χ3n) is 7.13. The van der Waals surface area contributed by atoms with Crippen molar-refractivity contribution < 1.29 is 29.1 Å². The van der Waals surface area contributed by atoms with Gasteiger partial charge in [0.05, 0.1) is 27.8 Å². The second-order valence-electron chi connectivity index (χ2n) is 9.95. The minimum absolute atomic E-state index is 0.0243. The number of hydrogen-bond donors (Lipinski definition) is 3. The fraction of sp³-hybridized carbons (Fsp3) is 0.0625. The molecule has 5 aromatic rings. The van der Waals surface area contributed by atoms with Crippen molar-refractivity contribution >= 4 is 52.4 Å². The van der Waals surface area contributed by atoms with E-state index in [1.54, 1.807) is 30.5 Å². The Morgan fingerprint density at radius 3 is 2.13 bits per heavy atom.